The Bertz CT molecular complexity index is 700. The average molecular weight is 340 g/mol. The molecule has 0 bridgehead atoms. The largest absolute Gasteiger partial charge is 0.476 e. The third kappa shape index (κ3) is 3.96. The molecule has 0 aliphatic carbocycles. The minimum absolute atomic E-state index is 0.0165. The van der Waals surface area contributed by atoms with Crippen LogP contribution in [-0.2, 0) is 14.8 Å². The van der Waals surface area contributed by atoms with Crippen LogP contribution in [0.1, 0.15) is 26.3 Å². The number of ether oxygens (including phenoxy) is 1. The van der Waals surface area contributed by atoms with Crippen molar-refractivity contribution in [1.82, 2.24) is 5.32 Å². The number of benzene rings is 1. The Morgan fingerprint density at radius 1 is 1.35 bits per heavy atom. The van der Waals surface area contributed by atoms with Gasteiger partial charge in [0.2, 0.25) is 10.0 Å². The number of carbonyl (C=O) groups is 1. The number of anilines is 1. The monoisotopic (exact) mass is 340 g/mol. The van der Waals surface area contributed by atoms with Gasteiger partial charge in [0.1, 0.15) is 5.75 Å². The van der Waals surface area contributed by atoms with Crippen molar-refractivity contribution in [3.05, 3.63) is 23.8 Å². The molecule has 6 nitrogen and oxygen atoms in total. The van der Waals surface area contributed by atoms with Crippen molar-refractivity contribution in [1.29, 1.82) is 0 Å². The van der Waals surface area contributed by atoms with Gasteiger partial charge in [-0.25, -0.2) is 8.42 Å². The summed E-state index contributed by atoms with van der Waals surface area (Å²) in [5, 5.41) is 2.88. The third-order valence-corrected chi connectivity index (χ3v) is 5.19. The summed E-state index contributed by atoms with van der Waals surface area (Å²) in [6.45, 7) is 7.79. The number of amides is 1. The van der Waals surface area contributed by atoms with Crippen LogP contribution in [0.5, 0.6) is 5.75 Å². The minimum Gasteiger partial charge on any atom is -0.476 e. The number of nitrogens with zero attached hydrogens (tertiary/aromatic N) is 1. The molecule has 7 heteroatoms. The summed E-state index contributed by atoms with van der Waals surface area (Å²) in [4.78, 5) is 12.4. The zero-order chi connectivity index (χ0) is 17.4. The molecule has 0 saturated heterocycles. The van der Waals surface area contributed by atoms with Gasteiger partial charge in [0.05, 0.1) is 18.5 Å². The van der Waals surface area contributed by atoms with E-state index >= 15 is 0 Å². The average Bonchev–Trinajstić information content (AvgIpc) is 2.44. The van der Waals surface area contributed by atoms with Crippen molar-refractivity contribution in [3.8, 4) is 5.75 Å². The van der Waals surface area contributed by atoms with E-state index in [0.29, 0.717) is 11.4 Å². The molecule has 1 heterocycles. The molecule has 1 aromatic rings. The zero-order valence-corrected chi connectivity index (χ0v) is 15.0. The van der Waals surface area contributed by atoms with Crippen LogP contribution in [0, 0.1) is 12.8 Å². The van der Waals surface area contributed by atoms with Gasteiger partial charge >= 0.3 is 0 Å². The van der Waals surface area contributed by atoms with E-state index in [-0.39, 0.29) is 24.4 Å². The lowest BCUT2D eigenvalue weighted by Gasteiger charge is -2.34. The number of sulfonamides is 1. The summed E-state index contributed by atoms with van der Waals surface area (Å²) >= 11 is 0. The maximum absolute atomic E-state index is 12.4. The van der Waals surface area contributed by atoms with Gasteiger partial charge in [0.25, 0.3) is 5.91 Å². The van der Waals surface area contributed by atoms with Crippen LogP contribution in [-0.4, -0.2) is 39.3 Å². The molecule has 2 atom stereocenters. The summed E-state index contributed by atoms with van der Waals surface area (Å²) in [6, 6.07) is 5.27. The fourth-order valence-electron chi connectivity index (χ4n) is 2.30. The van der Waals surface area contributed by atoms with E-state index in [2.05, 4.69) is 5.32 Å². The van der Waals surface area contributed by atoms with Crippen molar-refractivity contribution < 1.29 is 17.9 Å². The fraction of sp³-hybridized carbons (Fsp3) is 0.562. The van der Waals surface area contributed by atoms with E-state index in [0.717, 1.165) is 11.8 Å². The summed E-state index contributed by atoms with van der Waals surface area (Å²) in [5.41, 5.74) is 1.41. The second kappa shape index (κ2) is 6.39. The van der Waals surface area contributed by atoms with Crippen molar-refractivity contribution >= 4 is 21.6 Å². The molecule has 0 unspecified atom stereocenters. The first-order chi connectivity index (χ1) is 10.6. The molecule has 1 aliphatic heterocycles. The molecule has 1 amide bonds. The number of hydrogen-bond acceptors (Lipinski definition) is 4. The first-order valence-electron chi connectivity index (χ1n) is 7.65. The summed E-state index contributed by atoms with van der Waals surface area (Å²) in [6.07, 6.45) is 0.275. The summed E-state index contributed by atoms with van der Waals surface area (Å²) in [7, 11) is -3.49. The highest BCUT2D eigenvalue weighted by Gasteiger charge is 2.35. The minimum atomic E-state index is -3.49. The predicted molar refractivity (Wildman–Crippen MR) is 90.2 cm³/mol. The van der Waals surface area contributed by atoms with Gasteiger partial charge in [-0.05, 0) is 37.5 Å². The van der Waals surface area contributed by atoms with Crippen LogP contribution >= 0.6 is 0 Å². The third-order valence-electron chi connectivity index (χ3n) is 4.05. The topological polar surface area (TPSA) is 75.7 Å². The van der Waals surface area contributed by atoms with E-state index in [1.807, 2.05) is 33.8 Å². The maximum Gasteiger partial charge on any atom is 0.263 e. The van der Waals surface area contributed by atoms with E-state index in [4.69, 9.17) is 4.74 Å². The lowest BCUT2D eigenvalue weighted by molar-refractivity contribution is -0.128. The highest BCUT2D eigenvalue weighted by atomic mass is 32.2. The first kappa shape index (κ1) is 17.6. The second-order valence-corrected chi connectivity index (χ2v) is 8.32. The molecule has 2 rings (SSSR count). The van der Waals surface area contributed by atoms with Crippen molar-refractivity contribution in [3.63, 3.8) is 0 Å². The van der Waals surface area contributed by atoms with Crippen LogP contribution in [0.25, 0.3) is 0 Å². The summed E-state index contributed by atoms with van der Waals surface area (Å²) < 4.78 is 31.2. The van der Waals surface area contributed by atoms with Crippen molar-refractivity contribution in [2.24, 2.45) is 5.92 Å². The Hall–Kier alpha value is -1.76. The van der Waals surface area contributed by atoms with Crippen molar-refractivity contribution in [2.75, 3.05) is 17.1 Å². The Morgan fingerprint density at radius 3 is 2.57 bits per heavy atom. The number of hydrogen-bond donors (Lipinski definition) is 1. The van der Waals surface area contributed by atoms with Crippen LogP contribution in [0.15, 0.2) is 18.2 Å². The van der Waals surface area contributed by atoms with Gasteiger partial charge in [-0.2, -0.15) is 0 Å². The molecular formula is C16H24N2O4S. The number of fused-ring (bicyclic) bond motifs is 1. The van der Waals surface area contributed by atoms with E-state index in [1.54, 1.807) is 12.1 Å². The van der Waals surface area contributed by atoms with Gasteiger partial charge in [0, 0.05) is 6.04 Å². The smallest absolute Gasteiger partial charge is 0.263 e. The molecule has 1 N–H and O–H groups in total. The molecule has 128 valence electrons. The zero-order valence-electron chi connectivity index (χ0n) is 14.2. The molecular weight excluding hydrogens is 316 g/mol. The van der Waals surface area contributed by atoms with Gasteiger partial charge in [-0.1, -0.05) is 19.9 Å². The highest BCUT2D eigenvalue weighted by Crippen LogP contribution is 2.35. The maximum atomic E-state index is 12.4. The molecule has 0 fully saturated rings. The standard InChI is InChI=1S/C16H24N2O4S/c1-10(2)12(4)17-16(19)15-9-18(23(5,20)21)13-8-11(3)6-7-14(13)22-15/h6-8,10,12,15H,9H2,1-5H3,(H,17,19)/t12-,15-/m0/s1. The second-order valence-electron chi connectivity index (χ2n) is 6.41. The molecule has 23 heavy (non-hydrogen) atoms. The van der Waals surface area contributed by atoms with Crippen molar-refractivity contribution in [2.45, 2.75) is 39.8 Å². The Morgan fingerprint density at radius 2 is 2.00 bits per heavy atom. The van der Waals surface area contributed by atoms with E-state index in [9.17, 15) is 13.2 Å². The predicted octanol–water partition coefficient (Wildman–Crippen LogP) is 1.68. The molecule has 1 aromatic carbocycles. The van der Waals surface area contributed by atoms with Gasteiger partial charge in [-0.3, -0.25) is 9.10 Å². The van der Waals surface area contributed by atoms with Gasteiger partial charge in [-0.15, -0.1) is 0 Å². The van der Waals surface area contributed by atoms with Gasteiger partial charge in [0.15, 0.2) is 6.10 Å². The fourth-order valence-corrected chi connectivity index (χ4v) is 3.20. The molecule has 0 aromatic heterocycles. The van der Waals surface area contributed by atoms with Crippen LogP contribution in [0.4, 0.5) is 5.69 Å². The highest BCUT2D eigenvalue weighted by molar-refractivity contribution is 7.92. The normalized spacial score (nSPS) is 19.0. The van der Waals surface area contributed by atoms with Gasteiger partial charge < -0.3 is 10.1 Å². The van der Waals surface area contributed by atoms with Crippen LogP contribution < -0.4 is 14.4 Å². The Balaban J connectivity index is 2.30. The molecule has 0 saturated carbocycles. The SMILES string of the molecule is Cc1ccc2c(c1)N(S(C)(=O)=O)C[C@@H](C(=O)N[C@@H](C)C(C)C)O2. The Labute approximate surface area is 137 Å². The van der Waals surface area contributed by atoms with E-state index in [1.165, 1.54) is 4.31 Å². The van der Waals surface area contributed by atoms with Crippen LogP contribution in [0.2, 0.25) is 0 Å². The quantitative estimate of drug-likeness (QED) is 0.905. The summed E-state index contributed by atoms with van der Waals surface area (Å²) in [5.74, 6) is 0.388. The lowest BCUT2D eigenvalue weighted by atomic mass is 10.1. The number of nitrogens with one attached hydrogen (secondary N) is 1. The number of carbonyl (C=O) groups excluding carboxylic acids is 1. The number of aryl methyl sites for hydroxylation is 1. The molecule has 0 spiro atoms. The van der Waals surface area contributed by atoms with Crippen LogP contribution in [0.3, 0.4) is 0 Å². The number of rotatable bonds is 4. The molecule has 1 aliphatic rings. The molecule has 0 radical (unpaired) electrons. The Kier molecular flexibility index (Phi) is 4.89. The first-order valence-corrected chi connectivity index (χ1v) is 9.50. The van der Waals surface area contributed by atoms with E-state index < -0.39 is 16.1 Å². The lowest BCUT2D eigenvalue weighted by Crippen LogP contribution is -2.52.